The van der Waals surface area contributed by atoms with Crippen molar-refractivity contribution >= 4 is 11.9 Å². The van der Waals surface area contributed by atoms with Crippen LogP contribution in [0.15, 0.2) is 54.6 Å². The molecule has 4 heteroatoms. The van der Waals surface area contributed by atoms with Crippen LogP contribution in [0, 0.1) is 0 Å². The molecular formula is C19H20O4. The first-order valence-electron chi connectivity index (χ1n) is 7.71. The lowest BCUT2D eigenvalue weighted by atomic mass is 10.0. The Morgan fingerprint density at radius 3 is 2.17 bits per heavy atom. The number of rotatable bonds is 7. The first-order valence-corrected chi connectivity index (χ1v) is 7.71. The highest BCUT2D eigenvalue weighted by Crippen LogP contribution is 2.25. The van der Waals surface area contributed by atoms with Gasteiger partial charge in [0.1, 0.15) is 6.10 Å². The largest absolute Gasteiger partial charge is 0.478 e. The second kappa shape index (κ2) is 8.13. The SMILES string of the molecule is CCCCC(OC(=O)c1ccc(C(=O)O)cc1)c1ccccc1. The molecule has 2 aromatic carbocycles. The fourth-order valence-electron chi connectivity index (χ4n) is 2.30. The van der Waals surface area contributed by atoms with Crippen molar-refractivity contribution in [2.45, 2.75) is 32.3 Å². The van der Waals surface area contributed by atoms with Gasteiger partial charge in [-0.3, -0.25) is 0 Å². The van der Waals surface area contributed by atoms with Crippen molar-refractivity contribution in [3.8, 4) is 0 Å². The summed E-state index contributed by atoms with van der Waals surface area (Å²) < 4.78 is 5.64. The maximum atomic E-state index is 12.3. The van der Waals surface area contributed by atoms with Crippen molar-refractivity contribution in [2.75, 3.05) is 0 Å². The summed E-state index contributed by atoms with van der Waals surface area (Å²) in [5.74, 6) is -1.46. The summed E-state index contributed by atoms with van der Waals surface area (Å²) in [6.07, 6.45) is 2.46. The quantitative estimate of drug-likeness (QED) is 0.766. The lowest BCUT2D eigenvalue weighted by Gasteiger charge is -2.18. The number of carbonyl (C=O) groups excluding carboxylic acids is 1. The zero-order valence-corrected chi connectivity index (χ0v) is 13.1. The van der Waals surface area contributed by atoms with Crippen molar-refractivity contribution < 1.29 is 19.4 Å². The van der Waals surface area contributed by atoms with E-state index in [9.17, 15) is 9.59 Å². The molecule has 0 aliphatic rings. The highest BCUT2D eigenvalue weighted by molar-refractivity contribution is 5.92. The van der Waals surface area contributed by atoms with E-state index in [4.69, 9.17) is 9.84 Å². The minimum absolute atomic E-state index is 0.146. The Bertz CT molecular complexity index is 647. The van der Waals surface area contributed by atoms with E-state index in [-0.39, 0.29) is 11.7 Å². The predicted molar refractivity (Wildman–Crippen MR) is 87.5 cm³/mol. The van der Waals surface area contributed by atoms with Gasteiger partial charge < -0.3 is 9.84 Å². The van der Waals surface area contributed by atoms with Gasteiger partial charge in [0.2, 0.25) is 0 Å². The summed E-state index contributed by atoms with van der Waals surface area (Å²) in [6.45, 7) is 2.09. The van der Waals surface area contributed by atoms with Crippen molar-refractivity contribution in [1.82, 2.24) is 0 Å². The average molecular weight is 312 g/mol. The van der Waals surface area contributed by atoms with Gasteiger partial charge in [0, 0.05) is 0 Å². The van der Waals surface area contributed by atoms with E-state index in [2.05, 4.69) is 6.92 Å². The Labute approximate surface area is 135 Å². The van der Waals surface area contributed by atoms with Gasteiger partial charge in [-0.15, -0.1) is 0 Å². The number of aromatic carboxylic acids is 1. The third-order valence-electron chi connectivity index (χ3n) is 3.61. The fraction of sp³-hybridized carbons (Fsp3) is 0.263. The summed E-state index contributed by atoms with van der Waals surface area (Å²) >= 11 is 0. The van der Waals surface area contributed by atoms with E-state index in [1.54, 1.807) is 0 Å². The Balaban J connectivity index is 2.12. The molecule has 0 saturated carbocycles. The van der Waals surface area contributed by atoms with E-state index < -0.39 is 11.9 Å². The van der Waals surface area contributed by atoms with Crippen molar-refractivity contribution in [3.63, 3.8) is 0 Å². The Morgan fingerprint density at radius 1 is 1.00 bits per heavy atom. The van der Waals surface area contributed by atoms with Crippen molar-refractivity contribution in [2.24, 2.45) is 0 Å². The van der Waals surface area contributed by atoms with E-state index in [1.165, 1.54) is 24.3 Å². The molecule has 0 aliphatic carbocycles. The second-order valence-corrected chi connectivity index (χ2v) is 5.33. The summed E-state index contributed by atoms with van der Waals surface area (Å²) in [4.78, 5) is 23.1. The molecule has 2 aromatic rings. The molecule has 1 N–H and O–H groups in total. The number of ether oxygens (including phenoxy) is 1. The zero-order valence-electron chi connectivity index (χ0n) is 13.1. The third kappa shape index (κ3) is 4.68. The maximum Gasteiger partial charge on any atom is 0.338 e. The first-order chi connectivity index (χ1) is 11.1. The number of carbonyl (C=O) groups is 2. The molecule has 23 heavy (non-hydrogen) atoms. The second-order valence-electron chi connectivity index (χ2n) is 5.33. The molecule has 0 heterocycles. The molecule has 0 aliphatic heterocycles. The normalized spacial score (nSPS) is 11.7. The van der Waals surface area contributed by atoms with Crippen LogP contribution < -0.4 is 0 Å². The van der Waals surface area contributed by atoms with Crippen LogP contribution in [0.1, 0.15) is 58.6 Å². The number of hydrogen-bond donors (Lipinski definition) is 1. The van der Waals surface area contributed by atoms with Gasteiger partial charge >= 0.3 is 11.9 Å². The highest BCUT2D eigenvalue weighted by Gasteiger charge is 2.17. The lowest BCUT2D eigenvalue weighted by molar-refractivity contribution is 0.0271. The first kappa shape index (κ1) is 16.7. The van der Waals surface area contributed by atoms with E-state index in [0.29, 0.717) is 5.56 Å². The molecule has 0 spiro atoms. The van der Waals surface area contributed by atoms with Crippen LogP contribution in [0.2, 0.25) is 0 Å². The summed E-state index contributed by atoms with van der Waals surface area (Å²) in [6, 6.07) is 15.4. The topological polar surface area (TPSA) is 63.6 Å². The van der Waals surface area contributed by atoms with E-state index >= 15 is 0 Å². The molecule has 120 valence electrons. The molecule has 0 bridgehead atoms. The van der Waals surface area contributed by atoms with E-state index in [0.717, 1.165) is 24.8 Å². The van der Waals surface area contributed by atoms with Gasteiger partial charge in [0.15, 0.2) is 0 Å². The van der Waals surface area contributed by atoms with Gasteiger partial charge in [-0.1, -0.05) is 43.7 Å². The van der Waals surface area contributed by atoms with Crippen LogP contribution >= 0.6 is 0 Å². The summed E-state index contributed by atoms with van der Waals surface area (Å²) in [5, 5.41) is 8.89. The standard InChI is InChI=1S/C19H20O4/c1-2-3-9-17(14-7-5-4-6-8-14)23-19(22)16-12-10-15(11-13-16)18(20)21/h4-8,10-13,17H,2-3,9H2,1H3,(H,20,21). The van der Waals surface area contributed by atoms with Crippen LogP contribution in [-0.2, 0) is 4.74 Å². The smallest absolute Gasteiger partial charge is 0.338 e. The molecule has 0 saturated heterocycles. The zero-order chi connectivity index (χ0) is 16.7. The number of unbranched alkanes of at least 4 members (excludes halogenated alkanes) is 1. The number of carboxylic acid groups (broad SMARTS) is 1. The third-order valence-corrected chi connectivity index (χ3v) is 3.61. The van der Waals surface area contributed by atoms with Gasteiger partial charge in [-0.2, -0.15) is 0 Å². The number of hydrogen-bond acceptors (Lipinski definition) is 3. The van der Waals surface area contributed by atoms with Crippen molar-refractivity contribution in [1.29, 1.82) is 0 Å². The number of benzene rings is 2. The van der Waals surface area contributed by atoms with Crippen molar-refractivity contribution in [3.05, 3.63) is 71.3 Å². The van der Waals surface area contributed by atoms with Crippen LogP contribution in [0.3, 0.4) is 0 Å². The summed E-state index contributed by atoms with van der Waals surface area (Å²) in [5.41, 5.74) is 1.47. The minimum atomic E-state index is -1.02. The van der Waals surface area contributed by atoms with Gasteiger partial charge in [-0.05, 0) is 42.7 Å². The molecule has 1 unspecified atom stereocenters. The lowest BCUT2D eigenvalue weighted by Crippen LogP contribution is -2.12. The molecule has 0 fully saturated rings. The molecular weight excluding hydrogens is 292 g/mol. The predicted octanol–water partition coefficient (Wildman–Crippen LogP) is 4.47. The molecule has 4 nitrogen and oxygen atoms in total. The van der Waals surface area contributed by atoms with E-state index in [1.807, 2.05) is 30.3 Å². The van der Waals surface area contributed by atoms with Gasteiger partial charge in [-0.25, -0.2) is 9.59 Å². The minimum Gasteiger partial charge on any atom is -0.478 e. The molecule has 0 amide bonds. The Hall–Kier alpha value is -2.62. The van der Waals surface area contributed by atoms with Crippen LogP contribution in [0.4, 0.5) is 0 Å². The average Bonchev–Trinajstić information content (AvgIpc) is 2.59. The molecule has 1 atom stereocenters. The Kier molecular flexibility index (Phi) is 5.92. The maximum absolute atomic E-state index is 12.3. The van der Waals surface area contributed by atoms with Crippen LogP contribution in [-0.4, -0.2) is 17.0 Å². The molecule has 0 aromatic heterocycles. The monoisotopic (exact) mass is 312 g/mol. The van der Waals surface area contributed by atoms with Gasteiger partial charge in [0.25, 0.3) is 0 Å². The molecule has 2 rings (SSSR count). The molecule has 0 radical (unpaired) electrons. The number of esters is 1. The van der Waals surface area contributed by atoms with Crippen LogP contribution in [0.25, 0.3) is 0 Å². The Morgan fingerprint density at radius 2 is 1.61 bits per heavy atom. The highest BCUT2D eigenvalue weighted by atomic mass is 16.5. The van der Waals surface area contributed by atoms with Crippen LogP contribution in [0.5, 0.6) is 0 Å². The van der Waals surface area contributed by atoms with Gasteiger partial charge in [0.05, 0.1) is 11.1 Å². The summed E-state index contributed by atoms with van der Waals surface area (Å²) in [7, 11) is 0. The number of carboxylic acids is 1. The fourth-order valence-corrected chi connectivity index (χ4v) is 2.30.